The van der Waals surface area contributed by atoms with Crippen LogP contribution in [0.1, 0.15) is 31.6 Å². The van der Waals surface area contributed by atoms with Gasteiger partial charge in [0, 0.05) is 23.8 Å². The van der Waals surface area contributed by atoms with Gasteiger partial charge in [0.15, 0.2) is 0 Å². The van der Waals surface area contributed by atoms with Crippen LogP contribution in [-0.2, 0) is 6.54 Å². The summed E-state index contributed by atoms with van der Waals surface area (Å²) in [7, 11) is 0. The second kappa shape index (κ2) is 6.51. The van der Waals surface area contributed by atoms with Gasteiger partial charge < -0.3 is 5.32 Å². The molecule has 0 bridgehead atoms. The van der Waals surface area contributed by atoms with Gasteiger partial charge in [-0.1, -0.05) is 19.9 Å². The third-order valence-corrected chi connectivity index (χ3v) is 3.61. The highest BCUT2D eigenvalue weighted by Gasteiger charge is 2.16. The standard InChI is InChI=1S/C12H20ClNS/c1-12(2,6-4-7-13)10-14-9-11-5-3-8-15-11/h3,5,8,14H,4,6-7,9-10H2,1-2H3. The van der Waals surface area contributed by atoms with Gasteiger partial charge in [0.1, 0.15) is 0 Å². The summed E-state index contributed by atoms with van der Waals surface area (Å²) in [4.78, 5) is 1.41. The van der Waals surface area contributed by atoms with Crippen LogP contribution in [0.15, 0.2) is 17.5 Å². The van der Waals surface area contributed by atoms with Crippen molar-refractivity contribution in [3.63, 3.8) is 0 Å². The maximum Gasteiger partial charge on any atom is 0.0299 e. The summed E-state index contributed by atoms with van der Waals surface area (Å²) >= 11 is 7.51. The Balaban J connectivity index is 2.18. The van der Waals surface area contributed by atoms with E-state index < -0.39 is 0 Å². The quantitative estimate of drug-likeness (QED) is 0.719. The van der Waals surface area contributed by atoms with Crippen molar-refractivity contribution in [2.45, 2.75) is 33.2 Å². The highest BCUT2D eigenvalue weighted by molar-refractivity contribution is 7.09. The predicted molar refractivity (Wildman–Crippen MR) is 69.8 cm³/mol. The lowest BCUT2D eigenvalue weighted by Crippen LogP contribution is -2.28. The molecule has 0 amide bonds. The molecule has 0 radical (unpaired) electrons. The van der Waals surface area contributed by atoms with Crippen LogP contribution in [0.5, 0.6) is 0 Å². The van der Waals surface area contributed by atoms with E-state index in [0.29, 0.717) is 5.41 Å². The summed E-state index contributed by atoms with van der Waals surface area (Å²) in [6.45, 7) is 6.63. The van der Waals surface area contributed by atoms with Crippen molar-refractivity contribution in [2.24, 2.45) is 5.41 Å². The van der Waals surface area contributed by atoms with Crippen LogP contribution in [0.4, 0.5) is 0 Å². The molecule has 1 aromatic rings. The second-order valence-corrected chi connectivity index (χ2v) is 6.05. The Morgan fingerprint density at radius 3 is 2.87 bits per heavy atom. The molecular formula is C12H20ClNS. The number of hydrogen-bond donors (Lipinski definition) is 1. The Hall–Kier alpha value is -0.0500. The topological polar surface area (TPSA) is 12.0 Å². The summed E-state index contributed by atoms with van der Waals surface area (Å²) in [5.74, 6) is 0.772. The van der Waals surface area contributed by atoms with E-state index in [1.807, 2.05) is 11.3 Å². The van der Waals surface area contributed by atoms with Crippen molar-refractivity contribution >= 4 is 22.9 Å². The van der Waals surface area contributed by atoms with Gasteiger partial charge in [0.2, 0.25) is 0 Å². The van der Waals surface area contributed by atoms with Gasteiger partial charge in [-0.25, -0.2) is 0 Å². The molecule has 86 valence electrons. The highest BCUT2D eigenvalue weighted by atomic mass is 35.5. The highest BCUT2D eigenvalue weighted by Crippen LogP contribution is 2.21. The Morgan fingerprint density at radius 2 is 2.27 bits per heavy atom. The molecular weight excluding hydrogens is 226 g/mol. The molecule has 0 saturated carbocycles. The SMILES string of the molecule is CC(C)(CCCCl)CNCc1cccs1. The van der Waals surface area contributed by atoms with Gasteiger partial charge in [0.05, 0.1) is 0 Å². The van der Waals surface area contributed by atoms with Crippen molar-refractivity contribution in [3.05, 3.63) is 22.4 Å². The molecule has 0 fully saturated rings. The lowest BCUT2D eigenvalue weighted by atomic mass is 9.88. The molecule has 0 saturated heterocycles. The van der Waals surface area contributed by atoms with Crippen LogP contribution in [0.25, 0.3) is 0 Å². The molecule has 0 spiro atoms. The molecule has 1 N–H and O–H groups in total. The Kier molecular flexibility index (Phi) is 5.65. The van der Waals surface area contributed by atoms with E-state index in [9.17, 15) is 0 Å². The molecule has 1 aromatic heterocycles. The predicted octanol–water partition coefficient (Wildman–Crippen LogP) is 3.88. The molecule has 1 rings (SSSR count). The minimum atomic E-state index is 0.353. The summed E-state index contributed by atoms with van der Waals surface area (Å²) in [6.07, 6.45) is 2.29. The Bertz CT molecular complexity index is 257. The van der Waals surface area contributed by atoms with Gasteiger partial charge in [-0.2, -0.15) is 0 Å². The van der Waals surface area contributed by atoms with Crippen LogP contribution in [0, 0.1) is 5.41 Å². The lowest BCUT2D eigenvalue weighted by molar-refractivity contribution is 0.311. The zero-order valence-corrected chi connectivity index (χ0v) is 11.1. The molecule has 1 nitrogen and oxygen atoms in total. The maximum atomic E-state index is 5.70. The van der Waals surface area contributed by atoms with E-state index in [0.717, 1.165) is 25.4 Å². The first-order valence-corrected chi connectivity index (χ1v) is 6.84. The molecule has 0 aliphatic heterocycles. The van der Waals surface area contributed by atoms with Crippen LogP contribution in [0.3, 0.4) is 0 Å². The smallest absolute Gasteiger partial charge is 0.0299 e. The van der Waals surface area contributed by atoms with Crippen molar-refractivity contribution in [3.8, 4) is 0 Å². The lowest BCUT2D eigenvalue weighted by Gasteiger charge is -2.24. The molecule has 0 aliphatic rings. The monoisotopic (exact) mass is 245 g/mol. The Labute approximate surface area is 102 Å². The molecule has 15 heavy (non-hydrogen) atoms. The van der Waals surface area contributed by atoms with Gasteiger partial charge in [0.25, 0.3) is 0 Å². The number of nitrogens with one attached hydrogen (secondary N) is 1. The summed E-state index contributed by atoms with van der Waals surface area (Å²) in [5.41, 5.74) is 0.353. The average molecular weight is 246 g/mol. The Morgan fingerprint density at radius 1 is 1.47 bits per heavy atom. The van der Waals surface area contributed by atoms with Crippen molar-refractivity contribution in [1.82, 2.24) is 5.32 Å². The molecule has 1 heterocycles. The van der Waals surface area contributed by atoms with Crippen LogP contribution in [0.2, 0.25) is 0 Å². The third kappa shape index (κ3) is 5.55. The molecule has 0 unspecified atom stereocenters. The molecule has 0 atom stereocenters. The van der Waals surface area contributed by atoms with Crippen LogP contribution in [-0.4, -0.2) is 12.4 Å². The average Bonchev–Trinajstić information content (AvgIpc) is 2.67. The first-order chi connectivity index (χ1) is 7.14. The van der Waals surface area contributed by atoms with E-state index in [2.05, 4.69) is 36.7 Å². The van der Waals surface area contributed by atoms with Gasteiger partial charge in [-0.3, -0.25) is 0 Å². The fourth-order valence-corrected chi connectivity index (χ4v) is 2.38. The van der Waals surface area contributed by atoms with E-state index >= 15 is 0 Å². The normalized spacial score (nSPS) is 11.9. The molecule has 0 aliphatic carbocycles. The largest absolute Gasteiger partial charge is 0.311 e. The fourth-order valence-electron chi connectivity index (χ4n) is 1.57. The third-order valence-electron chi connectivity index (χ3n) is 2.47. The fraction of sp³-hybridized carbons (Fsp3) is 0.667. The second-order valence-electron chi connectivity index (χ2n) is 4.64. The van der Waals surface area contributed by atoms with E-state index in [4.69, 9.17) is 11.6 Å². The van der Waals surface area contributed by atoms with E-state index in [1.54, 1.807) is 0 Å². The number of thiophene rings is 1. The van der Waals surface area contributed by atoms with Crippen LogP contribution >= 0.6 is 22.9 Å². The molecule has 3 heteroatoms. The summed E-state index contributed by atoms with van der Waals surface area (Å²) in [5, 5.41) is 5.62. The number of alkyl halides is 1. The molecule has 0 aromatic carbocycles. The maximum absolute atomic E-state index is 5.70. The minimum Gasteiger partial charge on any atom is -0.311 e. The van der Waals surface area contributed by atoms with Gasteiger partial charge in [-0.15, -0.1) is 22.9 Å². The van der Waals surface area contributed by atoms with Gasteiger partial charge in [-0.05, 0) is 29.7 Å². The number of hydrogen-bond acceptors (Lipinski definition) is 2. The zero-order valence-electron chi connectivity index (χ0n) is 9.55. The summed E-state index contributed by atoms with van der Waals surface area (Å²) < 4.78 is 0. The van der Waals surface area contributed by atoms with E-state index in [-0.39, 0.29) is 0 Å². The first-order valence-electron chi connectivity index (χ1n) is 5.43. The summed E-state index contributed by atoms with van der Waals surface area (Å²) in [6, 6.07) is 4.27. The van der Waals surface area contributed by atoms with E-state index in [1.165, 1.54) is 11.3 Å². The minimum absolute atomic E-state index is 0.353. The first kappa shape index (κ1) is 13.0. The van der Waals surface area contributed by atoms with Gasteiger partial charge >= 0.3 is 0 Å². The van der Waals surface area contributed by atoms with Crippen molar-refractivity contribution < 1.29 is 0 Å². The van der Waals surface area contributed by atoms with Crippen molar-refractivity contribution in [1.29, 1.82) is 0 Å². The van der Waals surface area contributed by atoms with Crippen molar-refractivity contribution in [2.75, 3.05) is 12.4 Å². The zero-order chi connectivity index (χ0) is 11.1. The van der Waals surface area contributed by atoms with Crippen LogP contribution < -0.4 is 5.32 Å². The number of halogens is 1. The number of rotatable bonds is 7.